The first kappa shape index (κ1) is 18.9. The van der Waals surface area contributed by atoms with Gasteiger partial charge in [-0.15, -0.1) is 0 Å². The second-order valence-corrected chi connectivity index (χ2v) is 6.88. The molecule has 1 atom stereocenters. The number of ether oxygens (including phenoxy) is 1. The minimum atomic E-state index is -0.294. The average molecular weight is 335 g/mol. The molecule has 0 saturated carbocycles. The molecule has 4 heteroatoms. The van der Waals surface area contributed by atoms with Gasteiger partial charge >= 0.3 is 0 Å². The maximum Gasteiger partial charge on any atom is 0.146 e. The summed E-state index contributed by atoms with van der Waals surface area (Å²) in [5.74, 6) is 1.13. The number of Topliss-reactive ketones (excluding diaryl/α,β-unsaturated/α-hetero) is 1. The number of rotatable bonds is 8. The molecule has 1 saturated heterocycles. The molecular formula is C20H30FNO2. The highest BCUT2D eigenvalue weighted by Crippen LogP contribution is 2.28. The van der Waals surface area contributed by atoms with Gasteiger partial charge in [0.25, 0.3) is 0 Å². The molecule has 1 aliphatic rings. The topological polar surface area (TPSA) is 29.5 Å². The maximum atomic E-state index is 12.2. The largest absolute Gasteiger partial charge is 0.493 e. The molecular weight excluding hydrogens is 305 g/mol. The highest BCUT2D eigenvalue weighted by molar-refractivity contribution is 5.81. The van der Waals surface area contributed by atoms with Crippen molar-refractivity contribution in [2.75, 3.05) is 19.8 Å². The fourth-order valence-electron chi connectivity index (χ4n) is 3.35. The van der Waals surface area contributed by atoms with Crippen LogP contribution >= 0.6 is 0 Å². The number of piperidine rings is 1. The number of carbonyl (C=O) groups is 1. The van der Waals surface area contributed by atoms with Gasteiger partial charge in [-0.1, -0.05) is 12.5 Å². The Morgan fingerprint density at radius 2 is 2.00 bits per heavy atom. The molecule has 24 heavy (non-hydrogen) atoms. The van der Waals surface area contributed by atoms with Crippen molar-refractivity contribution in [1.29, 1.82) is 0 Å². The number of hydrogen-bond acceptors (Lipinski definition) is 3. The molecule has 1 fully saturated rings. The quantitative estimate of drug-likeness (QED) is 0.661. The van der Waals surface area contributed by atoms with E-state index in [-0.39, 0.29) is 18.5 Å². The van der Waals surface area contributed by atoms with Gasteiger partial charge < -0.3 is 4.74 Å². The van der Waals surface area contributed by atoms with Gasteiger partial charge in [-0.3, -0.25) is 14.1 Å². The molecule has 0 bridgehead atoms. The maximum absolute atomic E-state index is 12.2. The Morgan fingerprint density at radius 1 is 1.25 bits per heavy atom. The number of likely N-dealkylation sites (tertiary alicyclic amines) is 1. The fraction of sp³-hybridized carbons (Fsp3) is 0.650. The van der Waals surface area contributed by atoms with Crippen LogP contribution < -0.4 is 4.74 Å². The van der Waals surface area contributed by atoms with Crippen molar-refractivity contribution in [2.24, 2.45) is 0 Å². The van der Waals surface area contributed by atoms with Gasteiger partial charge in [0.15, 0.2) is 0 Å². The Labute approximate surface area is 145 Å². The number of aryl methyl sites for hydroxylation is 2. The third-order valence-electron chi connectivity index (χ3n) is 4.92. The zero-order chi connectivity index (χ0) is 17.5. The Hall–Kier alpha value is -1.42. The highest BCUT2D eigenvalue weighted by atomic mass is 19.1. The number of halogens is 1. The predicted octanol–water partition coefficient (Wildman–Crippen LogP) is 4.38. The standard InChI is InChI=1S/C20H30FNO2/c1-15-12-18(14-22-10-6-4-8-19(22)17(3)23)20(13-16(15)2)24-11-7-5-9-21/h12-13,19H,4-11,14H2,1-3H3. The first-order valence-electron chi connectivity index (χ1n) is 9.06. The fourth-order valence-corrected chi connectivity index (χ4v) is 3.35. The van der Waals surface area contributed by atoms with Crippen LogP contribution in [0.5, 0.6) is 5.75 Å². The van der Waals surface area contributed by atoms with Crippen LogP contribution in [0.1, 0.15) is 55.7 Å². The van der Waals surface area contributed by atoms with Crippen LogP contribution in [0.15, 0.2) is 12.1 Å². The van der Waals surface area contributed by atoms with E-state index < -0.39 is 0 Å². The molecule has 0 aromatic heterocycles. The smallest absolute Gasteiger partial charge is 0.146 e. The average Bonchev–Trinajstić information content (AvgIpc) is 2.56. The molecule has 1 aliphatic heterocycles. The minimum absolute atomic E-state index is 0.0275. The molecule has 0 radical (unpaired) electrons. The Balaban J connectivity index is 2.14. The molecule has 0 spiro atoms. The molecule has 1 aromatic carbocycles. The number of ketones is 1. The first-order valence-corrected chi connectivity index (χ1v) is 9.06. The lowest BCUT2D eigenvalue weighted by molar-refractivity contribution is -0.123. The summed E-state index contributed by atoms with van der Waals surface area (Å²) in [5, 5.41) is 0. The van der Waals surface area contributed by atoms with Gasteiger partial charge in [-0.05, 0) is 70.2 Å². The number of carbonyl (C=O) groups excluding carboxylic acids is 1. The Kier molecular flexibility index (Phi) is 7.22. The van der Waals surface area contributed by atoms with Gasteiger partial charge in [0, 0.05) is 12.1 Å². The van der Waals surface area contributed by atoms with Crippen molar-refractivity contribution < 1.29 is 13.9 Å². The van der Waals surface area contributed by atoms with E-state index in [1.807, 2.05) is 0 Å². The van der Waals surface area contributed by atoms with Crippen LogP contribution in [0, 0.1) is 13.8 Å². The van der Waals surface area contributed by atoms with E-state index >= 15 is 0 Å². The normalized spacial score (nSPS) is 18.6. The van der Waals surface area contributed by atoms with Crippen LogP contribution in [-0.4, -0.2) is 36.6 Å². The van der Waals surface area contributed by atoms with E-state index in [0.717, 1.165) is 50.1 Å². The molecule has 0 aliphatic carbocycles. The number of alkyl halides is 1. The van der Waals surface area contributed by atoms with Gasteiger partial charge in [0.2, 0.25) is 0 Å². The SMILES string of the molecule is CC(=O)C1CCCCN1Cc1cc(C)c(C)cc1OCCCCF. The van der Waals surface area contributed by atoms with E-state index in [9.17, 15) is 9.18 Å². The summed E-state index contributed by atoms with van der Waals surface area (Å²) in [4.78, 5) is 14.2. The van der Waals surface area contributed by atoms with Gasteiger partial charge in [-0.25, -0.2) is 0 Å². The van der Waals surface area contributed by atoms with E-state index in [1.165, 1.54) is 11.1 Å². The van der Waals surface area contributed by atoms with Crippen molar-refractivity contribution in [3.8, 4) is 5.75 Å². The molecule has 2 rings (SSSR count). The molecule has 0 amide bonds. The van der Waals surface area contributed by atoms with Crippen LogP contribution in [0.2, 0.25) is 0 Å². The molecule has 3 nitrogen and oxygen atoms in total. The number of unbranched alkanes of at least 4 members (excludes halogenated alkanes) is 1. The summed E-state index contributed by atoms with van der Waals surface area (Å²) in [5.41, 5.74) is 3.56. The predicted molar refractivity (Wildman–Crippen MR) is 95.4 cm³/mol. The second kappa shape index (κ2) is 9.16. The summed E-state index contributed by atoms with van der Waals surface area (Å²) in [6, 6.07) is 4.28. The van der Waals surface area contributed by atoms with Crippen molar-refractivity contribution in [3.63, 3.8) is 0 Å². The summed E-state index contributed by atoms with van der Waals surface area (Å²) in [7, 11) is 0. The van der Waals surface area contributed by atoms with E-state index in [4.69, 9.17) is 4.74 Å². The number of hydrogen-bond donors (Lipinski definition) is 0. The minimum Gasteiger partial charge on any atom is -0.493 e. The third kappa shape index (κ3) is 5.04. The van der Waals surface area contributed by atoms with Crippen molar-refractivity contribution in [3.05, 3.63) is 28.8 Å². The lowest BCUT2D eigenvalue weighted by Crippen LogP contribution is -2.43. The van der Waals surface area contributed by atoms with Crippen molar-refractivity contribution in [1.82, 2.24) is 4.90 Å². The summed E-state index contributed by atoms with van der Waals surface area (Å²) >= 11 is 0. The van der Waals surface area contributed by atoms with Gasteiger partial charge in [0.1, 0.15) is 11.5 Å². The zero-order valence-electron chi connectivity index (χ0n) is 15.2. The van der Waals surface area contributed by atoms with Crippen LogP contribution in [-0.2, 0) is 11.3 Å². The van der Waals surface area contributed by atoms with E-state index in [1.54, 1.807) is 6.92 Å². The highest BCUT2D eigenvalue weighted by Gasteiger charge is 2.26. The van der Waals surface area contributed by atoms with E-state index in [0.29, 0.717) is 13.0 Å². The first-order chi connectivity index (χ1) is 11.5. The van der Waals surface area contributed by atoms with Crippen molar-refractivity contribution >= 4 is 5.78 Å². The van der Waals surface area contributed by atoms with Gasteiger partial charge in [-0.2, -0.15) is 0 Å². The Morgan fingerprint density at radius 3 is 2.71 bits per heavy atom. The lowest BCUT2D eigenvalue weighted by Gasteiger charge is -2.34. The molecule has 1 heterocycles. The number of nitrogens with zero attached hydrogens (tertiary/aromatic N) is 1. The molecule has 1 aromatic rings. The molecule has 1 unspecified atom stereocenters. The lowest BCUT2D eigenvalue weighted by atomic mass is 9.97. The molecule has 0 N–H and O–H groups in total. The second-order valence-electron chi connectivity index (χ2n) is 6.88. The van der Waals surface area contributed by atoms with Crippen LogP contribution in [0.3, 0.4) is 0 Å². The van der Waals surface area contributed by atoms with Crippen molar-refractivity contribution in [2.45, 2.75) is 65.5 Å². The van der Waals surface area contributed by atoms with E-state index in [2.05, 4.69) is 30.9 Å². The summed E-state index contributed by atoms with van der Waals surface area (Å²) < 4.78 is 18.2. The molecule has 134 valence electrons. The summed E-state index contributed by atoms with van der Waals surface area (Å²) in [6.07, 6.45) is 4.48. The summed E-state index contributed by atoms with van der Waals surface area (Å²) in [6.45, 7) is 7.81. The van der Waals surface area contributed by atoms with Crippen LogP contribution in [0.25, 0.3) is 0 Å². The Bertz CT molecular complexity index is 559. The zero-order valence-corrected chi connectivity index (χ0v) is 15.2. The van der Waals surface area contributed by atoms with Crippen LogP contribution in [0.4, 0.5) is 4.39 Å². The third-order valence-corrected chi connectivity index (χ3v) is 4.92. The number of benzene rings is 1. The van der Waals surface area contributed by atoms with Gasteiger partial charge in [0.05, 0.1) is 19.3 Å². The monoisotopic (exact) mass is 335 g/mol.